The normalized spacial score (nSPS) is 17.1. The van der Waals surface area contributed by atoms with Gasteiger partial charge < -0.3 is 15.1 Å². The van der Waals surface area contributed by atoms with E-state index in [0.29, 0.717) is 48.2 Å². The lowest BCUT2D eigenvalue weighted by molar-refractivity contribution is -0.142. The summed E-state index contributed by atoms with van der Waals surface area (Å²) in [5.74, 6) is -0.000389. The van der Waals surface area contributed by atoms with E-state index < -0.39 is 0 Å². The van der Waals surface area contributed by atoms with Crippen molar-refractivity contribution >= 4 is 46.6 Å². The Balaban J connectivity index is 1.54. The fourth-order valence-corrected chi connectivity index (χ4v) is 4.14. The molecule has 1 heterocycles. The van der Waals surface area contributed by atoms with Gasteiger partial charge in [0.15, 0.2) is 0 Å². The highest BCUT2D eigenvalue weighted by Gasteiger charge is 2.36. The number of piperidine rings is 1. The molecule has 8 heteroatoms. The summed E-state index contributed by atoms with van der Waals surface area (Å²) in [6.07, 6.45) is 4.06. The molecular weight excluding hydrogens is 413 g/mol. The van der Waals surface area contributed by atoms with Gasteiger partial charge in [-0.3, -0.25) is 14.4 Å². The standard InChI is InChI=1S/C21H27Cl2N3O3/c1-2-9-26(13-19(27)24-18-6-5-16(22)12-17(18)23)21(29)15-7-10-25(11-8-15)20(28)14-3-4-14/h5-6,12,14-15H,2-4,7-11,13H2,1H3,(H,24,27). The molecular formula is C21H27Cl2N3O3. The van der Waals surface area contributed by atoms with Gasteiger partial charge in [0.2, 0.25) is 17.7 Å². The number of halogens is 2. The van der Waals surface area contributed by atoms with Gasteiger partial charge in [-0.05, 0) is 50.3 Å². The summed E-state index contributed by atoms with van der Waals surface area (Å²) in [6, 6.07) is 4.85. The van der Waals surface area contributed by atoms with Crippen LogP contribution in [0.3, 0.4) is 0 Å². The van der Waals surface area contributed by atoms with Crippen molar-refractivity contribution in [3.8, 4) is 0 Å². The molecule has 158 valence electrons. The quantitative estimate of drug-likeness (QED) is 0.701. The number of likely N-dealkylation sites (tertiary alicyclic amines) is 1. The van der Waals surface area contributed by atoms with Crippen molar-refractivity contribution in [3.05, 3.63) is 28.2 Å². The first-order valence-corrected chi connectivity index (χ1v) is 11.0. The molecule has 2 aliphatic rings. The maximum Gasteiger partial charge on any atom is 0.244 e. The molecule has 0 radical (unpaired) electrons. The molecule has 1 saturated carbocycles. The third-order valence-electron chi connectivity index (χ3n) is 5.43. The second kappa shape index (κ2) is 9.81. The third-order valence-corrected chi connectivity index (χ3v) is 5.98. The molecule has 0 bridgehead atoms. The molecule has 1 aliphatic heterocycles. The Morgan fingerprint density at radius 1 is 1.10 bits per heavy atom. The fraction of sp³-hybridized carbons (Fsp3) is 0.571. The minimum absolute atomic E-state index is 0.0114. The van der Waals surface area contributed by atoms with E-state index in [2.05, 4.69) is 5.32 Å². The molecule has 0 spiro atoms. The molecule has 1 saturated heterocycles. The van der Waals surface area contributed by atoms with Gasteiger partial charge in [0, 0.05) is 36.5 Å². The van der Waals surface area contributed by atoms with E-state index in [1.54, 1.807) is 23.1 Å². The second-order valence-corrected chi connectivity index (χ2v) is 8.65. The maximum atomic E-state index is 13.0. The van der Waals surface area contributed by atoms with Crippen LogP contribution in [0.1, 0.15) is 39.0 Å². The number of hydrogen-bond donors (Lipinski definition) is 1. The summed E-state index contributed by atoms with van der Waals surface area (Å²) in [6.45, 7) is 3.72. The average Bonchev–Trinajstić information content (AvgIpc) is 3.54. The van der Waals surface area contributed by atoms with Crippen molar-refractivity contribution in [2.45, 2.75) is 39.0 Å². The van der Waals surface area contributed by atoms with Gasteiger partial charge in [-0.25, -0.2) is 0 Å². The third kappa shape index (κ3) is 5.86. The SMILES string of the molecule is CCCN(CC(=O)Nc1ccc(Cl)cc1Cl)C(=O)C1CCN(C(=O)C2CC2)CC1. The number of carbonyl (C=O) groups excluding carboxylic acids is 3. The minimum atomic E-state index is -0.294. The van der Waals surface area contributed by atoms with Crippen molar-refractivity contribution in [1.29, 1.82) is 0 Å². The zero-order valence-electron chi connectivity index (χ0n) is 16.6. The molecule has 0 unspecified atom stereocenters. The summed E-state index contributed by atoms with van der Waals surface area (Å²) in [7, 11) is 0. The number of benzene rings is 1. The summed E-state index contributed by atoms with van der Waals surface area (Å²) in [4.78, 5) is 41.2. The van der Waals surface area contributed by atoms with Gasteiger partial charge in [-0.2, -0.15) is 0 Å². The van der Waals surface area contributed by atoms with Gasteiger partial charge in [-0.1, -0.05) is 30.1 Å². The zero-order chi connectivity index (χ0) is 21.0. The average molecular weight is 440 g/mol. The number of nitrogens with zero attached hydrogens (tertiary/aromatic N) is 2. The summed E-state index contributed by atoms with van der Waals surface area (Å²) >= 11 is 12.0. The van der Waals surface area contributed by atoms with Crippen molar-refractivity contribution in [2.24, 2.45) is 11.8 Å². The van der Waals surface area contributed by atoms with Crippen LogP contribution in [0.15, 0.2) is 18.2 Å². The topological polar surface area (TPSA) is 69.7 Å². The molecule has 1 aromatic carbocycles. The van der Waals surface area contributed by atoms with E-state index in [9.17, 15) is 14.4 Å². The van der Waals surface area contributed by atoms with Gasteiger partial charge in [0.25, 0.3) is 0 Å². The molecule has 3 rings (SSSR count). The van der Waals surface area contributed by atoms with Crippen molar-refractivity contribution in [3.63, 3.8) is 0 Å². The van der Waals surface area contributed by atoms with Crippen LogP contribution in [0.2, 0.25) is 10.0 Å². The Morgan fingerprint density at radius 3 is 2.38 bits per heavy atom. The Kier molecular flexibility index (Phi) is 7.41. The molecule has 1 aromatic rings. The molecule has 2 fully saturated rings. The van der Waals surface area contributed by atoms with E-state index >= 15 is 0 Å². The number of anilines is 1. The van der Waals surface area contributed by atoms with E-state index in [1.807, 2.05) is 11.8 Å². The highest BCUT2D eigenvalue weighted by molar-refractivity contribution is 6.36. The molecule has 0 atom stereocenters. The van der Waals surface area contributed by atoms with Crippen LogP contribution in [0.5, 0.6) is 0 Å². The second-order valence-electron chi connectivity index (χ2n) is 7.81. The number of rotatable bonds is 7. The zero-order valence-corrected chi connectivity index (χ0v) is 18.1. The summed E-state index contributed by atoms with van der Waals surface area (Å²) < 4.78 is 0. The Morgan fingerprint density at radius 2 is 1.79 bits per heavy atom. The van der Waals surface area contributed by atoms with Gasteiger partial charge in [-0.15, -0.1) is 0 Å². The number of carbonyl (C=O) groups is 3. The van der Waals surface area contributed by atoms with Crippen molar-refractivity contribution < 1.29 is 14.4 Å². The predicted octanol–water partition coefficient (Wildman–Crippen LogP) is 3.82. The first kappa shape index (κ1) is 21.9. The van der Waals surface area contributed by atoms with Crippen LogP contribution in [-0.2, 0) is 14.4 Å². The first-order chi connectivity index (χ1) is 13.9. The largest absolute Gasteiger partial charge is 0.342 e. The van der Waals surface area contributed by atoms with Crippen LogP contribution in [0, 0.1) is 11.8 Å². The lowest BCUT2D eigenvalue weighted by atomic mass is 9.94. The van der Waals surface area contributed by atoms with Crippen molar-refractivity contribution in [1.82, 2.24) is 9.80 Å². The van der Waals surface area contributed by atoms with Crippen LogP contribution in [0.4, 0.5) is 5.69 Å². The molecule has 29 heavy (non-hydrogen) atoms. The monoisotopic (exact) mass is 439 g/mol. The van der Waals surface area contributed by atoms with Gasteiger partial charge in [0.05, 0.1) is 17.3 Å². The lowest BCUT2D eigenvalue weighted by Crippen LogP contribution is -2.46. The molecule has 6 nitrogen and oxygen atoms in total. The van der Waals surface area contributed by atoms with Crippen LogP contribution < -0.4 is 5.32 Å². The Hall–Kier alpha value is -1.79. The van der Waals surface area contributed by atoms with Gasteiger partial charge in [0.1, 0.15) is 0 Å². The van der Waals surface area contributed by atoms with E-state index in [1.165, 1.54) is 0 Å². The summed E-state index contributed by atoms with van der Waals surface area (Å²) in [5, 5.41) is 3.59. The summed E-state index contributed by atoms with van der Waals surface area (Å²) in [5.41, 5.74) is 0.469. The molecule has 1 N–H and O–H groups in total. The highest BCUT2D eigenvalue weighted by Crippen LogP contribution is 2.32. The number of nitrogens with one attached hydrogen (secondary N) is 1. The first-order valence-electron chi connectivity index (χ1n) is 10.2. The number of hydrogen-bond acceptors (Lipinski definition) is 3. The Labute approximate surface area is 181 Å². The van der Waals surface area contributed by atoms with Crippen LogP contribution >= 0.6 is 23.2 Å². The lowest BCUT2D eigenvalue weighted by Gasteiger charge is -2.34. The smallest absolute Gasteiger partial charge is 0.244 e. The predicted molar refractivity (Wildman–Crippen MR) is 114 cm³/mol. The Bertz CT molecular complexity index is 774. The fourth-order valence-electron chi connectivity index (χ4n) is 3.68. The van der Waals surface area contributed by atoms with E-state index in [0.717, 1.165) is 19.3 Å². The highest BCUT2D eigenvalue weighted by atomic mass is 35.5. The molecule has 3 amide bonds. The maximum absolute atomic E-state index is 13.0. The molecule has 1 aliphatic carbocycles. The van der Waals surface area contributed by atoms with E-state index in [-0.39, 0.29) is 36.1 Å². The van der Waals surface area contributed by atoms with Gasteiger partial charge >= 0.3 is 0 Å². The number of amides is 3. The van der Waals surface area contributed by atoms with E-state index in [4.69, 9.17) is 23.2 Å². The van der Waals surface area contributed by atoms with Crippen LogP contribution in [0.25, 0.3) is 0 Å². The molecule has 0 aromatic heterocycles. The van der Waals surface area contributed by atoms with Crippen molar-refractivity contribution in [2.75, 3.05) is 31.5 Å². The van der Waals surface area contributed by atoms with Crippen LogP contribution in [-0.4, -0.2) is 53.7 Å². The minimum Gasteiger partial charge on any atom is -0.342 e.